The quantitative estimate of drug-likeness (QED) is 0.622. The van der Waals surface area contributed by atoms with Crippen molar-refractivity contribution in [2.75, 3.05) is 29.2 Å². The van der Waals surface area contributed by atoms with Crippen molar-refractivity contribution in [1.82, 2.24) is 4.72 Å². The van der Waals surface area contributed by atoms with E-state index in [9.17, 15) is 18.0 Å². The predicted molar refractivity (Wildman–Crippen MR) is 108 cm³/mol. The number of sulfonamides is 1. The van der Waals surface area contributed by atoms with Gasteiger partial charge in [0.1, 0.15) is 0 Å². The average Bonchev–Trinajstić information content (AvgIpc) is 2.64. The molecule has 0 radical (unpaired) electrons. The van der Waals surface area contributed by atoms with E-state index in [2.05, 4.69) is 15.4 Å². The topological polar surface area (TPSA) is 104 Å². The third-order valence-corrected chi connectivity index (χ3v) is 5.88. The number of nitrogens with one attached hydrogen (secondary N) is 3. The van der Waals surface area contributed by atoms with Crippen molar-refractivity contribution < 1.29 is 18.0 Å². The zero-order valence-electron chi connectivity index (χ0n) is 15.0. The number of carbonyl (C=O) groups excluding carboxylic acids is 2. The van der Waals surface area contributed by atoms with Crippen molar-refractivity contribution in [2.24, 2.45) is 0 Å². The van der Waals surface area contributed by atoms with E-state index < -0.39 is 10.0 Å². The van der Waals surface area contributed by atoms with Crippen LogP contribution in [-0.4, -0.2) is 38.8 Å². The van der Waals surface area contributed by atoms with Crippen molar-refractivity contribution in [3.8, 4) is 0 Å². The van der Waals surface area contributed by atoms with Gasteiger partial charge in [-0.2, -0.15) is 0 Å². The Morgan fingerprint density at radius 3 is 1.74 bits per heavy atom. The third-order valence-electron chi connectivity index (χ3n) is 3.52. The van der Waals surface area contributed by atoms with E-state index in [0.29, 0.717) is 11.4 Å². The highest BCUT2D eigenvalue weighted by Crippen LogP contribution is 2.14. The number of amides is 2. The second-order valence-corrected chi connectivity index (χ2v) is 8.56. The summed E-state index contributed by atoms with van der Waals surface area (Å²) in [6.07, 6.45) is 0. The average molecular weight is 408 g/mol. The number of thioether (sulfide) groups is 1. The summed E-state index contributed by atoms with van der Waals surface area (Å²) in [5.74, 6) is -0.191. The normalized spacial score (nSPS) is 11.0. The molecule has 7 nitrogen and oxygen atoms in total. The van der Waals surface area contributed by atoms with Gasteiger partial charge in [0.25, 0.3) is 0 Å². The van der Waals surface area contributed by atoms with Crippen LogP contribution in [0.3, 0.4) is 0 Å². The van der Waals surface area contributed by atoms with E-state index in [1.165, 1.54) is 43.1 Å². The number of benzene rings is 2. The van der Waals surface area contributed by atoms with Gasteiger partial charge in [-0.05, 0) is 50.4 Å². The van der Waals surface area contributed by atoms with Crippen LogP contribution in [0.4, 0.5) is 11.4 Å². The fourth-order valence-corrected chi connectivity index (χ4v) is 3.45. The minimum atomic E-state index is -3.51. The molecule has 0 aliphatic carbocycles. The first-order valence-corrected chi connectivity index (χ1v) is 10.7. The van der Waals surface area contributed by atoms with Crippen molar-refractivity contribution in [3.63, 3.8) is 0 Å². The molecule has 0 atom stereocenters. The van der Waals surface area contributed by atoms with E-state index in [-0.39, 0.29) is 28.2 Å². The first kappa shape index (κ1) is 20.9. The van der Waals surface area contributed by atoms with Crippen LogP contribution < -0.4 is 15.4 Å². The van der Waals surface area contributed by atoms with Gasteiger partial charge in [-0.3, -0.25) is 9.59 Å². The summed E-state index contributed by atoms with van der Waals surface area (Å²) >= 11 is 1.19. The molecule has 0 fully saturated rings. The lowest BCUT2D eigenvalue weighted by atomic mass is 10.2. The highest BCUT2D eigenvalue weighted by Gasteiger charge is 2.11. The van der Waals surface area contributed by atoms with E-state index >= 15 is 0 Å². The van der Waals surface area contributed by atoms with E-state index in [0.717, 1.165) is 5.56 Å². The van der Waals surface area contributed by atoms with Crippen LogP contribution in [0.15, 0.2) is 53.4 Å². The maximum atomic E-state index is 11.9. The fourth-order valence-electron chi connectivity index (χ4n) is 2.10. The van der Waals surface area contributed by atoms with E-state index in [1.807, 2.05) is 31.2 Å². The molecule has 2 aromatic rings. The Bertz CT molecular complexity index is 895. The molecule has 0 saturated carbocycles. The SMILES string of the molecule is CNS(=O)(=O)c1ccc(NC(=O)CSCC(=O)Nc2ccc(C)cc2)cc1. The summed E-state index contributed by atoms with van der Waals surface area (Å²) in [6, 6.07) is 13.3. The second-order valence-electron chi connectivity index (χ2n) is 5.69. The molecule has 27 heavy (non-hydrogen) atoms. The highest BCUT2D eigenvalue weighted by molar-refractivity contribution is 8.00. The Balaban J connectivity index is 1.76. The second kappa shape index (κ2) is 9.54. The van der Waals surface area contributed by atoms with E-state index in [4.69, 9.17) is 0 Å². The number of aryl methyl sites for hydroxylation is 1. The molecule has 2 amide bonds. The van der Waals surface area contributed by atoms with Gasteiger partial charge in [-0.1, -0.05) is 17.7 Å². The predicted octanol–water partition coefficient (Wildman–Crippen LogP) is 2.21. The lowest BCUT2D eigenvalue weighted by molar-refractivity contribution is -0.114. The van der Waals surface area contributed by atoms with Gasteiger partial charge in [0.05, 0.1) is 16.4 Å². The van der Waals surface area contributed by atoms with Crippen LogP contribution in [0.25, 0.3) is 0 Å². The molecule has 0 saturated heterocycles. The molecule has 0 aliphatic heterocycles. The summed E-state index contributed by atoms with van der Waals surface area (Å²) in [4.78, 5) is 23.9. The molecule has 0 aliphatic rings. The number of hydrogen-bond acceptors (Lipinski definition) is 5. The minimum absolute atomic E-state index is 0.109. The first-order valence-electron chi connectivity index (χ1n) is 8.08. The van der Waals surface area contributed by atoms with Crippen LogP contribution in [0.2, 0.25) is 0 Å². The maximum absolute atomic E-state index is 11.9. The van der Waals surface area contributed by atoms with Crippen molar-refractivity contribution >= 4 is 45.0 Å². The molecule has 144 valence electrons. The Labute approximate surface area is 163 Å². The fraction of sp³-hybridized carbons (Fsp3) is 0.222. The smallest absolute Gasteiger partial charge is 0.240 e. The molecule has 0 aromatic heterocycles. The summed E-state index contributed by atoms with van der Waals surface area (Å²) in [5, 5.41) is 5.43. The van der Waals surface area contributed by atoms with Crippen molar-refractivity contribution in [1.29, 1.82) is 0 Å². The molecular weight excluding hydrogens is 386 g/mol. The summed E-state index contributed by atoms with van der Waals surface area (Å²) in [6.45, 7) is 1.97. The number of hydrogen-bond donors (Lipinski definition) is 3. The monoisotopic (exact) mass is 407 g/mol. The molecule has 0 spiro atoms. The number of rotatable bonds is 8. The molecule has 2 rings (SSSR count). The summed E-state index contributed by atoms with van der Waals surface area (Å²) in [5.41, 5.74) is 2.31. The summed E-state index contributed by atoms with van der Waals surface area (Å²) < 4.78 is 25.5. The zero-order valence-corrected chi connectivity index (χ0v) is 16.6. The lowest BCUT2D eigenvalue weighted by Crippen LogP contribution is -2.19. The van der Waals surface area contributed by atoms with Gasteiger partial charge >= 0.3 is 0 Å². The van der Waals surface area contributed by atoms with Crippen LogP contribution in [0, 0.1) is 6.92 Å². The van der Waals surface area contributed by atoms with Crippen LogP contribution in [0.1, 0.15) is 5.56 Å². The van der Waals surface area contributed by atoms with Gasteiger partial charge in [0.2, 0.25) is 21.8 Å². The molecule has 0 heterocycles. The van der Waals surface area contributed by atoms with E-state index in [1.54, 1.807) is 0 Å². The van der Waals surface area contributed by atoms with Gasteiger partial charge < -0.3 is 10.6 Å². The number of anilines is 2. The number of carbonyl (C=O) groups is 2. The third kappa shape index (κ3) is 6.70. The zero-order chi connectivity index (χ0) is 19.9. The largest absolute Gasteiger partial charge is 0.325 e. The molecule has 0 bridgehead atoms. The van der Waals surface area contributed by atoms with Gasteiger partial charge in [0, 0.05) is 11.4 Å². The van der Waals surface area contributed by atoms with Crippen molar-refractivity contribution in [2.45, 2.75) is 11.8 Å². The van der Waals surface area contributed by atoms with Crippen LogP contribution in [-0.2, 0) is 19.6 Å². The van der Waals surface area contributed by atoms with Crippen LogP contribution >= 0.6 is 11.8 Å². The van der Waals surface area contributed by atoms with Crippen LogP contribution in [0.5, 0.6) is 0 Å². The Kier molecular flexibility index (Phi) is 7.40. The molecule has 0 unspecified atom stereocenters. The Morgan fingerprint density at radius 2 is 1.30 bits per heavy atom. The molecule has 3 N–H and O–H groups in total. The molecule has 9 heteroatoms. The van der Waals surface area contributed by atoms with Gasteiger partial charge in [0.15, 0.2) is 0 Å². The van der Waals surface area contributed by atoms with Gasteiger partial charge in [-0.25, -0.2) is 13.1 Å². The Morgan fingerprint density at radius 1 is 0.852 bits per heavy atom. The van der Waals surface area contributed by atoms with Gasteiger partial charge in [-0.15, -0.1) is 11.8 Å². The maximum Gasteiger partial charge on any atom is 0.240 e. The lowest BCUT2D eigenvalue weighted by Gasteiger charge is -2.07. The first-order chi connectivity index (χ1) is 12.8. The van der Waals surface area contributed by atoms with Crippen molar-refractivity contribution in [3.05, 3.63) is 54.1 Å². The summed E-state index contributed by atoms with van der Waals surface area (Å²) in [7, 11) is -2.18. The molecular formula is C18H21N3O4S2. The Hall–Kier alpha value is -2.36. The molecule has 2 aromatic carbocycles. The minimum Gasteiger partial charge on any atom is -0.325 e. The highest BCUT2D eigenvalue weighted by atomic mass is 32.2. The standard InChI is InChI=1S/C18H21N3O4S2/c1-13-3-5-14(6-4-13)20-17(22)11-26-12-18(23)21-15-7-9-16(10-8-15)27(24,25)19-2/h3-10,19H,11-12H2,1-2H3,(H,20,22)(H,21,23).